The minimum atomic E-state index is -0.0441. The summed E-state index contributed by atoms with van der Waals surface area (Å²) < 4.78 is 6.41. The van der Waals surface area contributed by atoms with Gasteiger partial charge in [0.1, 0.15) is 11.2 Å². The molecule has 0 aliphatic heterocycles. The summed E-state index contributed by atoms with van der Waals surface area (Å²) in [6.45, 7) is 4.72. The number of benzene rings is 10. The van der Waals surface area contributed by atoms with E-state index in [0.717, 1.165) is 33.1 Å². The van der Waals surface area contributed by atoms with E-state index in [1.165, 1.54) is 88.0 Å². The fraction of sp³-hybridized carbons (Fsp3) is 0.0526. The molecule has 1 nitrogen and oxygen atoms in total. The zero-order valence-electron chi connectivity index (χ0n) is 32.4. The van der Waals surface area contributed by atoms with Gasteiger partial charge >= 0.3 is 0 Å². The molecule has 0 bridgehead atoms. The topological polar surface area (TPSA) is 13.1 Å². The van der Waals surface area contributed by atoms with Crippen LogP contribution in [0.1, 0.15) is 25.0 Å². The van der Waals surface area contributed by atoms with Crippen LogP contribution in [-0.2, 0) is 5.41 Å². The van der Waals surface area contributed by atoms with Crippen LogP contribution < -0.4 is 0 Å². The molecule has 0 unspecified atom stereocenters. The van der Waals surface area contributed by atoms with E-state index in [2.05, 4.69) is 196 Å². The molecular weight excluding hydrogens is 701 g/mol. The molecule has 10 aromatic carbocycles. The molecule has 0 saturated carbocycles. The highest BCUT2D eigenvalue weighted by atomic mass is 16.3. The number of hydrogen-bond donors (Lipinski definition) is 0. The third-order valence-corrected chi connectivity index (χ3v) is 12.9. The monoisotopic (exact) mass is 738 g/mol. The average Bonchev–Trinajstić information content (AvgIpc) is 3.76. The molecule has 0 radical (unpaired) electrons. The van der Waals surface area contributed by atoms with E-state index in [0.29, 0.717) is 0 Å². The van der Waals surface area contributed by atoms with Crippen LogP contribution in [0.3, 0.4) is 0 Å². The van der Waals surface area contributed by atoms with Crippen molar-refractivity contribution in [1.82, 2.24) is 0 Å². The van der Waals surface area contributed by atoms with Gasteiger partial charge in [0.25, 0.3) is 0 Å². The van der Waals surface area contributed by atoms with Crippen LogP contribution >= 0.6 is 0 Å². The number of hydrogen-bond acceptors (Lipinski definition) is 1. The standard InChI is InChI=1S/C57H38O/c1-57(2)51-31-30-41(33-49(51)50-32-39-12-3-4-13-40(39)34-52(50)57)35-22-26-37(27-23-35)54-44-15-5-7-17-46(44)55(47-18-8-6-16-45(47)54)38-28-24-36(25-29-38)42-19-11-20-48-43-14-9-10-21-53(43)58-56(42)48/h3-34H,1-2H3. The minimum Gasteiger partial charge on any atom is -0.455 e. The van der Waals surface area contributed by atoms with Crippen molar-refractivity contribution in [2.75, 3.05) is 0 Å². The average molecular weight is 739 g/mol. The summed E-state index contributed by atoms with van der Waals surface area (Å²) in [6.07, 6.45) is 0. The maximum Gasteiger partial charge on any atom is 0.143 e. The highest BCUT2D eigenvalue weighted by Crippen LogP contribution is 2.51. The fourth-order valence-corrected chi connectivity index (χ4v) is 9.99. The number of furan rings is 1. The van der Waals surface area contributed by atoms with Crippen molar-refractivity contribution in [2.24, 2.45) is 0 Å². The molecule has 272 valence electrons. The quantitative estimate of drug-likeness (QED) is 0.164. The SMILES string of the molecule is CC1(C)c2ccc(-c3ccc(-c4c5ccccc5c(-c5ccc(-c6cccc7c6oc6ccccc67)cc5)c5ccccc45)cc3)cc2-c2cc3ccccc3cc21. The Morgan fingerprint density at radius 3 is 1.45 bits per heavy atom. The van der Waals surface area contributed by atoms with Gasteiger partial charge in [0.15, 0.2) is 0 Å². The normalized spacial score (nSPS) is 13.1. The number of rotatable bonds is 4. The first-order chi connectivity index (χ1) is 28.5. The van der Waals surface area contributed by atoms with Gasteiger partial charge in [-0.3, -0.25) is 0 Å². The molecule has 1 aromatic heterocycles. The highest BCUT2D eigenvalue weighted by Gasteiger charge is 2.35. The maximum absolute atomic E-state index is 6.41. The third kappa shape index (κ3) is 4.83. The van der Waals surface area contributed by atoms with Crippen molar-refractivity contribution in [3.05, 3.63) is 205 Å². The van der Waals surface area contributed by atoms with E-state index in [1.54, 1.807) is 0 Å². The predicted octanol–water partition coefficient (Wildman–Crippen LogP) is 16.0. The van der Waals surface area contributed by atoms with E-state index in [4.69, 9.17) is 4.42 Å². The van der Waals surface area contributed by atoms with Gasteiger partial charge in [0.2, 0.25) is 0 Å². The Hall–Kier alpha value is -7.22. The predicted molar refractivity (Wildman–Crippen MR) is 246 cm³/mol. The minimum absolute atomic E-state index is 0.0441. The zero-order valence-corrected chi connectivity index (χ0v) is 32.4. The van der Waals surface area contributed by atoms with Gasteiger partial charge in [0.05, 0.1) is 0 Å². The van der Waals surface area contributed by atoms with Gasteiger partial charge in [-0.15, -0.1) is 0 Å². The van der Waals surface area contributed by atoms with E-state index < -0.39 is 0 Å². The van der Waals surface area contributed by atoms with Crippen LogP contribution in [0, 0.1) is 0 Å². The second-order valence-electron chi connectivity index (χ2n) is 16.4. The molecule has 1 heterocycles. The first kappa shape index (κ1) is 33.0. The van der Waals surface area contributed by atoms with Crippen molar-refractivity contribution >= 4 is 54.3 Å². The number of para-hydroxylation sites is 2. The number of fused-ring (bicyclic) bond motifs is 9. The Kier molecular flexibility index (Phi) is 7.04. The molecule has 58 heavy (non-hydrogen) atoms. The lowest BCUT2D eigenvalue weighted by molar-refractivity contribution is 0.661. The summed E-state index contributed by atoms with van der Waals surface area (Å²) in [7, 11) is 0. The zero-order chi connectivity index (χ0) is 38.5. The Morgan fingerprint density at radius 2 is 0.810 bits per heavy atom. The van der Waals surface area contributed by atoms with Gasteiger partial charge in [0, 0.05) is 21.8 Å². The van der Waals surface area contributed by atoms with Gasteiger partial charge in [-0.25, -0.2) is 0 Å². The van der Waals surface area contributed by atoms with E-state index in [9.17, 15) is 0 Å². The van der Waals surface area contributed by atoms with Gasteiger partial charge in [-0.1, -0.05) is 184 Å². The van der Waals surface area contributed by atoms with Gasteiger partial charge < -0.3 is 4.42 Å². The Balaban J connectivity index is 0.948. The van der Waals surface area contributed by atoms with Crippen LogP contribution in [0.25, 0.3) is 110 Å². The molecule has 0 N–H and O–H groups in total. The largest absolute Gasteiger partial charge is 0.455 e. The van der Waals surface area contributed by atoms with E-state index in [-0.39, 0.29) is 5.41 Å². The summed E-state index contributed by atoms with van der Waals surface area (Å²) in [4.78, 5) is 0. The molecule has 1 aliphatic carbocycles. The Bertz CT molecular complexity index is 3390. The first-order valence-corrected chi connectivity index (χ1v) is 20.2. The Labute approximate surface area is 337 Å². The lowest BCUT2D eigenvalue weighted by atomic mass is 9.81. The molecule has 0 fully saturated rings. The van der Waals surface area contributed by atoms with E-state index >= 15 is 0 Å². The van der Waals surface area contributed by atoms with Crippen molar-refractivity contribution in [3.63, 3.8) is 0 Å². The van der Waals surface area contributed by atoms with Crippen molar-refractivity contribution < 1.29 is 4.42 Å². The molecule has 12 rings (SSSR count). The first-order valence-electron chi connectivity index (χ1n) is 20.2. The molecule has 1 heteroatoms. The second kappa shape index (κ2) is 12.4. The maximum atomic E-state index is 6.41. The Morgan fingerprint density at radius 1 is 0.328 bits per heavy atom. The fourth-order valence-electron chi connectivity index (χ4n) is 9.99. The van der Waals surface area contributed by atoms with Crippen LogP contribution in [0.4, 0.5) is 0 Å². The molecule has 0 saturated heterocycles. The van der Waals surface area contributed by atoms with Crippen LogP contribution in [0.15, 0.2) is 199 Å². The van der Waals surface area contributed by atoms with Gasteiger partial charge in [-0.05, 0) is 118 Å². The molecule has 1 aliphatic rings. The lowest BCUT2D eigenvalue weighted by Gasteiger charge is -2.22. The van der Waals surface area contributed by atoms with Crippen LogP contribution in [0.2, 0.25) is 0 Å². The van der Waals surface area contributed by atoms with Crippen LogP contribution in [-0.4, -0.2) is 0 Å². The molecule has 0 spiro atoms. The summed E-state index contributed by atoms with van der Waals surface area (Å²) in [5.74, 6) is 0. The summed E-state index contributed by atoms with van der Waals surface area (Å²) in [5.41, 5.74) is 17.0. The summed E-state index contributed by atoms with van der Waals surface area (Å²) in [6, 6.07) is 71.4. The molecule has 0 atom stereocenters. The van der Waals surface area contributed by atoms with Crippen molar-refractivity contribution in [1.29, 1.82) is 0 Å². The smallest absolute Gasteiger partial charge is 0.143 e. The van der Waals surface area contributed by atoms with E-state index in [1.807, 2.05) is 12.1 Å². The van der Waals surface area contributed by atoms with Crippen molar-refractivity contribution in [2.45, 2.75) is 19.3 Å². The summed E-state index contributed by atoms with van der Waals surface area (Å²) >= 11 is 0. The molecule has 0 amide bonds. The molecular formula is C57H38O. The highest BCUT2D eigenvalue weighted by molar-refractivity contribution is 6.21. The molecule has 11 aromatic rings. The second-order valence-corrected chi connectivity index (χ2v) is 16.4. The van der Waals surface area contributed by atoms with Crippen molar-refractivity contribution in [3.8, 4) is 55.6 Å². The van der Waals surface area contributed by atoms with Crippen LogP contribution in [0.5, 0.6) is 0 Å². The summed E-state index contributed by atoms with van der Waals surface area (Å²) in [5, 5.41) is 9.90. The third-order valence-electron chi connectivity index (χ3n) is 12.9. The van der Waals surface area contributed by atoms with Gasteiger partial charge in [-0.2, -0.15) is 0 Å². The lowest BCUT2D eigenvalue weighted by Crippen LogP contribution is -2.14.